The maximum absolute atomic E-state index is 14.2. The van der Waals surface area contributed by atoms with Gasteiger partial charge in [0.05, 0.1) is 17.9 Å². The smallest absolute Gasteiger partial charge is 0.246 e. The van der Waals surface area contributed by atoms with Crippen LogP contribution in [0.1, 0.15) is 44.2 Å². The second kappa shape index (κ2) is 11.3. The number of amides is 3. The number of anilines is 1. The fourth-order valence-corrected chi connectivity index (χ4v) is 7.66. The van der Waals surface area contributed by atoms with Crippen molar-refractivity contribution in [3.63, 3.8) is 0 Å². The summed E-state index contributed by atoms with van der Waals surface area (Å²) in [6.07, 6.45) is 6.74. The Kier molecular flexibility index (Phi) is 7.88. The molecule has 3 heterocycles. The lowest BCUT2D eigenvalue weighted by Crippen LogP contribution is -2.58. The van der Waals surface area contributed by atoms with Crippen LogP contribution >= 0.6 is 23.2 Å². The van der Waals surface area contributed by atoms with Crippen molar-refractivity contribution in [1.82, 2.24) is 10.2 Å². The molecule has 1 spiro atoms. The zero-order valence-electron chi connectivity index (χ0n) is 24.1. The molecule has 2 aromatic rings. The Labute approximate surface area is 257 Å². The first-order valence-corrected chi connectivity index (χ1v) is 15.6. The third kappa shape index (κ3) is 5.03. The maximum Gasteiger partial charge on any atom is 0.246 e. The summed E-state index contributed by atoms with van der Waals surface area (Å²) < 4.78 is 6.50. The molecule has 8 atom stereocenters. The Morgan fingerprint density at radius 3 is 2.57 bits per heavy atom. The van der Waals surface area contributed by atoms with E-state index in [1.165, 1.54) is 0 Å². The van der Waals surface area contributed by atoms with Gasteiger partial charge in [0, 0.05) is 28.3 Å². The molecule has 222 valence electrons. The van der Waals surface area contributed by atoms with Crippen LogP contribution in [-0.4, -0.2) is 53.0 Å². The minimum absolute atomic E-state index is 0.0258. The first kappa shape index (κ1) is 29.2. The van der Waals surface area contributed by atoms with E-state index in [1.807, 2.05) is 49.4 Å². The van der Waals surface area contributed by atoms with E-state index in [4.69, 9.17) is 27.9 Å². The summed E-state index contributed by atoms with van der Waals surface area (Å²) in [6, 6.07) is 12.0. The number of fused-ring (bicyclic) bond motifs is 1. The maximum atomic E-state index is 14.2. The molecular formula is C33H37Cl2N3O4. The Hall–Kier alpha value is -2.87. The molecule has 1 aliphatic carbocycles. The van der Waals surface area contributed by atoms with Crippen molar-refractivity contribution < 1.29 is 19.1 Å². The van der Waals surface area contributed by atoms with E-state index in [-0.39, 0.29) is 23.8 Å². The molecule has 7 nitrogen and oxygen atoms in total. The van der Waals surface area contributed by atoms with Gasteiger partial charge in [0.2, 0.25) is 17.7 Å². The van der Waals surface area contributed by atoms with E-state index in [9.17, 15) is 14.4 Å². The van der Waals surface area contributed by atoms with Crippen molar-refractivity contribution >= 4 is 46.6 Å². The number of nitrogens with one attached hydrogen (secondary N) is 2. The summed E-state index contributed by atoms with van der Waals surface area (Å²) >= 11 is 12.4. The summed E-state index contributed by atoms with van der Waals surface area (Å²) in [5, 5.41) is 7.43. The molecule has 2 saturated heterocycles. The highest BCUT2D eigenvalue weighted by Crippen LogP contribution is 2.55. The van der Waals surface area contributed by atoms with Crippen molar-refractivity contribution in [2.75, 3.05) is 11.9 Å². The predicted molar refractivity (Wildman–Crippen MR) is 163 cm³/mol. The summed E-state index contributed by atoms with van der Waals surface area (Å²) in [6.45, 7) is 6.62. The molecule has 42 heavy (non-hydrogen) atoms. The second-order valence-corrected chi connectivity index (χ2v) is 13.3. The van der Waals surface area contributed by atoms with Crippen molar-refractivity contribution in [2.24, 2.45) is 23.7 Å². The van der Waals surface area contributed by atoms with Gasteiger partial charge >= 0.3 is 0 Å². The van der Waals surface area contributed by atoms with E-state index < -0.39 is 29.6 Å². The average Bonchev–Trinajstić information content (AvgIpc) is 3.60. The molecule has 8 unspecified atom stereocenters. The summed E-state index contributed by atoms with van der Waals surface area (Å²) in [5.41, 5.74) is 1.25. The Morgan fingerprint density at radius 2 is 1.83 bits per heavy atom. The SMILES string of the molecule is Cc1ccc(NC(=O)C2C3C=CC4(O3)C2C(=O)N(CCc2ccc(Cl)cc2)C4C(=O)NC2CCCC(C)C2C)cc1Cl. The van der Waals surface area contributed by atoms with Crippen molar-refractivity contribution in [3.8, 4) is 0 Å². The van der Waals surface area contributed by atoms with Crippen LogP contribution in [-0.2, 0) is 25.5 Å². The van der Waals surface area contributed by atoms with Crippen LogP contribution in [0.3, 0.4) is 0 Å². The fourth-order valence-electron chi connectivity index (χ4n) is 7.35. The van der Waals surface area contributed by atoms with Crippen LogP contribution in [0.5, 0.6) is 0 Å². The molecule has 2 N–H and O–H groups in total. The molecule has 3 amide bonds. The third-order valence-electron chi connectivity index (χ3n) is 9.95. The van der Waals surface area contributed by atoms with Gasteiger partial charge in [0.15, 0.2) is 0 Å². The topological polar surface area (TPSA) is 87.7 Å². The number of benzene rings is 2. The van der Waals surface area contributed by atoms with E-state index in [0.717, 1.165) is 30.4 Å². The number of carbonyl (C=O) groups is 3. The third-order valence-corrected chi connectivity index (χ3v) is 10.6. The van der Waals surface area contributed by atoms with E-state index >= 15 is 0 Å². The largest absolute Gasteiger partial charge is 0.359 e. The number of ether oxygens (including phenoxy) is 1. The van der Waals surface area contributed by atoms with Crippen LogP contribution in [0, 0.1) is 30.6 Å². The highest BCUT2D eigenvalue weighted by atomic mass is 35.5. The molecule has 1 saturated carbocycles. The minimum Gasteiger partial charge on any atom is -0.359 e. The zero-order chi connectivity index (χ0) is 29.8. The fraction of sp³-hybridized carbons (Fsp3) is 0.485. The molecule has 4 aliphatic rings. The number of rotatable bonds is 7. The first-order valence-electron chi connectivity index (χ1n) is 14.9. The number of hydrogen-bond donors (Lipinski definition) is 2. The molecule has 3 aliphatic heterocycles. The lowest BCUT2D eigenvalue weighted by molar-refractivity contribution is -0.141. The zero-order valence-corrected chi connectivity index (χ0v) is 25.6. The van der Waals surface area contributed by atoms with E-state index in [0.29, 0.717) is 40.5 Å². The van der Waals surface area contributed by atoms with E-state index in [1.54, 1.807) is 17.0 Å². The molecule has 0 radical (unpaired) electrons. The van der Waals surface area contributed by atoms with Crippen molar-refractivity contribution in [1.29, 1.82) is 0 Å². The summed E-state index contributed by atoms with van der Waals surface area (Å²) in [4.78, 5) is 43.8. The Bertz CT molecular complexity index is 1430. The quantitative estimate of drug-likeness (QED) is 0.401. The highest BCUT2D eigenvalue weighted by Gasteiger charge is 2.72. The van der Waals surface area contributed by atoms with Gasteiger partial charge in [-0.25, -0.2) is 0 Å². The van der Waals surface area contributed by atoms with Gasteiger partial charge < -0.3 is 20.3 Å². The highest BCUT2D eigenvalue weighted by molar-refractivity contribution is 6.31. The van der Waals surface area contributed by atoms with Crippen LogP contribution < -0.4 is 10.6 Å². The van der Waals surface area contributed by atoms with Gasteiger partial charge in [-0.2, -0.15) is 0 Å². The lowest BCUT2D eigenvalue weighted by atomic mass is 9.73. The Morgan fingerprint density at radius 1 is 1.07 bits per heavy atom. The van der Waals surface area contributed by atoms with Gasteiger partial charge in [-0.3, -0.25) is 14.4 Å². The molecule has 2 aromatic carbocycles. The van der Waals surface area contributed by atoms with Crippen LogP contribution in [0.2, 0.25) is 10.0 Å². The number of hydrogen-bond acceptors (Lipinski definition) is 4. The van der Waals surface area contributed by atoms with Gasteiger partial charge in [-0.1, -0.05) is 80.2 Å². The number of likely N-dealkylation sites (tertiary alicyclic amines) is 1. The molecule has 0 aromatic heterocycles. The first-order chi connectivity index (χ1) is 20.1. The molecular weight excluding hydrogens is 573 g/mol. The predicted octanol–water partition coefficient (Wildman–Crippen LogP) is 5.57. The average molecular weight is 611 g/mol. The molecule has 6 rings (SSSR count). The lowest BCUT2D eigenvalue weighted by Gasteiger charge is -2.38. The summed E-state index contributed by atoms with van der Waals surface area (Å²) in [7, 11) is 0. The molecule has 9 heteroatoms. The number of nitrogens with zero attached hydrogens (tertiary/aromatic N) is 1. The normalized spacial score (nSPS) is 33.1. The van der Waals surface area contributed by atoms with Crippen LogP contribution in [0.25, 0.3) is 0 Å². The number of aryl methyl sites for hydroxylation is 1. The molecule has 3 fully saturated rings. The van der Waals surface area contributed by atoms with Crippen LogP contribution in [0.15, 0.2) is 54.6 Å². The van der Waals surface area contributed by atoms with Gasteiger partial charge in [0.25, 0.3) is 0 Å². The molecule has 2 bridgehead atoms. The monoisotopic (exact) mass is 609 g/mol. The Balaban J connectivity index is 1.30. The van der Waals surface area contributed by atoms with Gasteiger partial charge in [0.1, 0.15) is 11.6 Å². The second-order valence-electron chi connectivity index (χ2n) is 12.4. The van der Waals surface area contributed by atoms with Crippen LogP contribution in [0.4, 0.5) is 5.69 Å². The van der Waals surface area contributed by atoms with Crippen molar-refractivity contribution in [3.05, 3.63) is 75.8 Å². The van der Waals surface area contributed by atoms with Gasteiger partial charge in [-0.05, 0) is 67.0 Å². The number of halogens is 2. The van der Waals surface area contributed by atoms with Gasteiger partial charge in [-0.15, -0.1) is 0 Å². The number of carbonyl (C=O) groups excluding carboxylic acids is 3. The van der Waals surface area contributed by atoms with E-state index in [2.05, 4.69) is 24.5 Å². The summed E-state index contributed by atoms with van der Waals surface area (Å²) in [5.74, 6) is -1.52. The van der Waals surface area contributed by atoms with Crippen molar-refractivity contribution in [2.45, 2.75) is 70.2 Å². The standard InChI is InChI=1S/C33H37Cl2N3O4/c1-18-5-4-6-25(20(18)3)37-31(40)29-33-15-13-26(42-33)27(30(39)36-23-12-7-19(2)24(35)17-23)28(33)32(41)38(29)16-14-21-8-10-22(34)11-9-21/h7-13,15,17-18,20,25-29H,4-6,14,16H2,1-3H3,(H,36,39)(H,37,40). The minimum atomic E-state index is -1.21.